The lowest BCUT2D eigenvalue weighted by Gasteiger charge is -2.35. The van der Waals surface area contributed by atoms with Crippen LogP contribution in [0.2, 0.25) is 5.02 Å². The van der Waals surface area contributed by atoms with Gasteiger partial charge in [-0.25, -0.2) is 13.2 Å². The van der Waals surface area contributed by atoms with E-state index in [4.69, 9.17) is 18.2 Å². The molecule has 9 heteroatoms. The standard InChI is InChI=1S/C23H15ClF3N5/c1-11-3-5-14(19(27)18(11)26)21-20-13(15-9-12(24)4-6-17(15)30-20)7-8-32(21)23-29-10-16(25)22(28-2)31-23/h3-6,9-10,21,30H,7-8H2,1H3/t21-/m0/s1. The number of aromatic amines is 1. The van der Waals surface area contributed by atoms with Gasteiger partial charge in [0.15, 0.2) is 17.5 Å². The number of aromatic nitrogens is 3. The maximum atomic E-state index is 15.2. The predicted octanol–water partition coefficient (Wildman–Crippen LogP) is 6.04. The summed E-state index contributed by atoms with van der Waals surface area (Å²) in [5, 5.41) is 1.46. The predicted molar refractivity (Wildman–Crippen MR) is 116 cm³/mol. The highest BCUT2D eigenvalue weighted by atomic mass is 35.5. The summed E-state index contributed by atoms with van der Waals surface area (Å²) in [7, 11) is 0. The van der Waals surface area contributed by atoms with Gasteiger partial charge in [0.05, 0.1) is 6.20 Å². The van der Waals surface area contributed by atoms with Crippen molar-refractivity contribution >= 4 is 34.3 Å². The second kappa shape index (κ2) is 7.53. The largest absolute Gasteiger partial charge is 0.358 e. The fourth-order valence-electron chi connectivity index (χ4n) is 4.24. The van der Waals surface area contributed by atoms with Crippen molar-refractivity contribution in [2.45, 2.75) is 19.4 Å². The Morgan fingerprint density at radius 3 is 2.78 bits per heavy atom. The molecule has 4 aromatic rings. The van der Waals surface area contributed by atoms with Gasteiger partial charge in [0.2, 0.25) is 0 Å². The van der Waals surface area contributed by atoms with Crippen molar-refractivity contribution in [2.75, 3.05) is 11.4 Å². The Morgan fingerprint density at radius 2 is 2.00 bits per heavy atom. The van der Waals surface area contributed by atoms with Gasteiger partial charge < -0.3 is 14.7 Å². The number of rotatable bonds is 2. The minimum atomic E-state index is -0.975. The van der Waals surface area contributed by atoms with E-state index >= 15 is 4.39 Å². The van der Waals surface area contributed by atoms with Crippen LogP contribution in [-0.2, 0) is 6.42 Å². The molecule has 5 rings (SSSR count). The van der Waals surface area contributed by atoms with Crippen LogP contribution in [0.5, 0.6) is 0 Å². The molecule has 32 heavy (non-hydrogen) atoms. The first-order valence-corrected chi connectivity index (χ1v) is 10.2. The minimum Gasteiger partial charge on any atom is -0.358 e. The van der Waals surface area contributed by atoms with E-state index in [9.17, 15) is 8.78 Å². The first kappa shape index (κ1) is 20.3. The van der Waals surface area contributed by atoms with Crippen LogP contribution in [0.4, 0.5) is 24.9 Å². The van der Waals surface area contributed by atoms with Crippen LogP contribution >= 0.6 is 11.6 Å². The molecule has 2 aromatic heterocycles. The zero-order chi connectivity index (χ0) is 22.6. The highest BCUT2D eigenvalue weighted by Gasteiger charge is 2.37. The van der Waals surface area contributed by atoms with Crippen LogP contribution < -0.4 is 4.90 Å². The number of aryl methyl sites for hydroxylation is 1. The summed E-state index contributed by atoms with van der Waals surface area (Å²) in [4.78, 5) is 16.1. The number of fused-ring (bicyclic) bond motifs is 3. The van der Waals surface area contributed by atoms with Crippen LogP contribution in [0.1, 0.15) is 28.4 Å². The Kier molecular flexibility index (Phi) is 4.79. The molecule has 0 aliphatic carbocycles. The summed E-state index contributed by atoms with van der Waals surface area (Å²) in [6, 6.07) is 7.62. The number of anilines is 1. The first-order valence-electron chi connectivity index (χ1n) is 9.80. The summed E-state index contributed by atoms with van der Waals surface area (Å²) < 4.78 is 43.6. The topological polar surface area (TPSA) is 49.2 Å². The number of nitrogens with zero attached hydrogens (tertiary/aromatic N) is 4. The molecule has 160 valence electrons. The molecule has 3 heterocycles. The van der Waals surface area contributed by atoms with Gasteiger partial charge in [0, 0.05) is 33.7 Å². The van der Waals surface area contributed by atoms with E-state index in [2.05, 4.69) is 19.8 Å². The summed E-state index contributed by atoms with van der Waals surface area (Å²) in [6.45, 7) is 8.98. The number of H-pyrrole nitrogens is 1. The van der Waals surface area contributed by atoms with E-state index in [1.54, 1.807) is 11.0 Å². The molecule has 0 unspecified atom stereocenters. The summed E-state index contributed by atoms with van der Waals surface area (Å²) in [5.41, 5.74) is 2.65. The SMILES string of the molecule is [C-]#[N+]c1nc(N2CCc3c([nH]c4ccc(Cl)cc34)[C@@H]2c2ccc(C)c(F)c2F)ncc1F. The van der Waals surface area contributed by atoms with E-state index in [-0.39, 0.29) is 17.1 Å². The lowest BCUT2D eigenvalue weighted by atomic mass is 9.91. The Morgan fingerprint density at radius 1 is 1.19 bits per heavy atom. The molecule has 0 bridgehead atoms. The average Bonchev–Trinajstić information content (AvgIpc) is 3.15. The number of halogens is 4. The fourth-order valence-corrected chi connectivity index (χ4v) is 4.41. The molecule has 0 saturated heterocycles. The third-order valence-electron chi connectivity index (χ3n) is 5.76. The molecule has 0 radical (unpaired) electrons. The minimum absolute atomic E-state index is 0.0603. The van der Waals surface area contributed by atoms with Crippen LogP contribution in [0.3, 0.4) is 0 Å². The van der Waals surface area contributed by atoms with E-state index in [0.29, 0.717) is 23.7 Å². The Hall–Kier alpha value is -3.57. The van der Waals surface area contributed by atoms with E-state index in [1.165, 1.54) is 19.1 Å². The Labute approximate surface area is 186 Å². The summed E-state index contributed by atoms with van der Waals surface area (Å²) in [6.07, 6.45) is 1.45. The van der Waals surface area contributed by atoms with E-state index < -0.39 is 29.3 Å². The molecule has 0 fully saturated rings. The maximum Gasteiger partial charge on any atom is 0.323 e. The molecule has 0 spiro atoms. The number of benzene rings is 2. The smallest absolute Gasteiger partial charge is 0.323 e. The van der Waals surface area contributed by atoms with E-state index in [1.807, 2.05) is 12.1 Å². The van der Waals surface area contributed by atoms with Crippen molar-refractivity contribution in [3.05, 3.63) is 92.8 Å². The van der Waals surface area contributed by atoms with Crippen molar-refractivity contribution in [1.82, 2.24) is 15.0 Å². The van der Waals surface area contributed by atoms with Crippen molar-refractivity contribution in [1.29, 1.82) is 0 Å². The Bertz CT molecular complexity index is 1430. The number of hydrogen-bond donors (Lipinski definition) is 1. The number of nitrogens with one attached hydrogen (secondary N) is 1. The molecule has 2 aromatic carbocycles. The van der Waals surface area contributed by atoms with Crippen molar-refractivity contribution in [2.24, 2.45) is 0 Å². The molecule has 5 nitrogen and oxygen atoms in total. The molecule has 0 amide bonds. The van der Waals surface area contributed by atoms with Gasteiger partial charge >= 0.3 is 11.8 Å². The molecule has 1 aliphatic heterocycles. The van der Waals surface area contributed by atoms with Crippen molar-refractivity contribution < 1.29 is 13.2 Å². The van der Waals surface area contributed by atoms with Crippen molar-refractivity contribution in [3.8, 4) is 0 Å². The van der Waals surface area contributed by atoms with Gasteiger partial charge in [-0.2, -0.15) is 4.98 Å². The third kappa shape index (κ3) is 3.09. The zero-order valence-electron chi connectivity index (χ0n) is 16.8. The average molecular weight is 454 g/mol. The quantitative estimate of drug-likeness (QED) is 0.376. The van der Waals surface area contributed by atoms with Gasteiger partial charge in [-0.15, -0.1) is 0 Å². The van der Waals surface area contributed by atoms with Crippen LogP contribution in [-0.4, -0.2) is 21.5 Å². The van der Waals surface area contributed by atoms with Gasteiger partial charge in [0.25, 0.3) is 0 Å². The lowest BCUT2D eigenvalue weighted by molar-refractivity contribution is 0.480. The number of hydrogen-bond acceptors (Lipinski definition) is 3. The molecule has 0 saturated carbocycles. The highest BCUT2D eigenvalue weighted by Crippen LogP contribution is 2.42. The van der Waals surface area contributed by atoms with E-state index in [0.717, 1.165) is 22.7 Å². The fraction of sp³-hybridized carbons (Fsp3) is 0.174. The monoisotopic (exact) mass is 453 g/mol. The van der Waals surface area contributed by atoms with Gasteiger partial charge in [-0.1, -0.05) is 35.3 Å². The second-order valence-electron chi connectivity index (χ2n) is 7.61. The lowest BCUT2D eigenvalue weighted by Crippen LogP contribution is -2.38. The van der Waals surface area contributed by atoms with Gasteiger partial charge in [-0.3, -0.25) is 0 Å². The third-order valence-corrected chi connectivity index (χ3v) is 6.00. The summed E-state index contributed by atoms with van der Waals surface area (Å²) >= 11 is 6.19. The van der Waals surface area contributed by atoms with Crippen LogP contribution in [0.15, 0.2) is 36.5 Å². The molecule has 1 aliphatic rings. The molecular weight excluding hydrogens is 439 g/mol. The van der Waals surface area contributed by atoms with Crippen LogP contribution in [0.25, 0.3) is 15.7 Å². The van der Waals surface area contributed by atoms with Crippen molar-refractivity contribution in [3.63, 3.8) is 0 Å². The van der Waals surface area contributed by atoms with Gasteiger partial charge in [0.1, 0.15) is 6.04 Å². The first-order chi connectivity index (χ1) is 15.4. The molecule has 1 atom stereocenters. The molecular formula is C23H15ClF3N5. The highest BCUT2D eigenvalue weighted by molar-refractivity contribution is 6.31. The van der Waals surface area contributed by atoms with Crippen LogP contribution in [0, 0.1) is 30.9 Å². The van der Waals surface area contributed by atoms with Gasteiger partial charge in [-0.05, 0) is 42.7 Å². The summed E-state index contributed by atoms with van der Waals surface area (Å²) in [5.74, 6) is -3.12. The zero-order valence-corrected chi connectivity index (χ0v) is 17.5. The molecule has 1 N–H and O–H groups in total. The maximum absolute atomic E-state index is 15.2. The second-order valence-corrected chi connectivity index (χ2v) is 8.04. The Balaban J connectivity index is 1.76. The normalized spacial score (nSPS) is 15.6.